The summed E-state index contributed by atoms with van der Waals surface area (Å²) in [4.78, 5) is 27.7. The maximum absolute atomic E-state index is 12.1. The Morgan fingerprint density at radius 1 is 1.27 bits per heavy atom. The third-order valence-corrected chi connectivity index (χ3v) is 6.22. The van der Waals surface area contributed by atoms with Gasteiger partial charge >= 0.3 is 6.09 Å². The summed E-state index contributed by atoms with van der Waals surface area (Å²) in [6.45, 7) is 3.72. The number of halogens is 1. The van der Waals surface area contributed by atoms with E-state index in [-0.39, 0.29) is 12.6 Å². The molecule has 4 rings (SSSR count). The van der Waals surface area contributed by atoms with Crippen molar-refractivity contribution >= 4 is 40.8 Å². The normalized spacial score (nSPS) is 18.2. The summed E-state index contributed by atoms with van der Waals surface area (Å²) in [5, 5.41) is 14.7. The average Bonchev–Trinajstić information content (AvgIpc) is 3.36. The number of hydrogen-bond donors (Lipinski definition) is 2. The van der Waals surface area contributed by atoms with Gasteiger partial charge in [0.2, 0.25) is 5.95 Å². The lowest BCUT2D eigenvalue weighted by atomic mass is 10.2. The molecule has 0 spiro atoms. The summed E-state index contributed by atoms with van der Waals surface area (Å²) in [6, 6.07) is 8.57. The Balaban J connectivity index is 1.50. The van der Waals surface area contributed by atoms with Gasteiger partial charge in [0.25, 0.3) is 0 Å². The number of hydrogen-bond acceptors (Lipinski definition) is 8. The summed E-state index contributed by atoms with van der Waals surface area (Å²) in [6.07, 6.45) is 2.10. The first kappa shape index (κ1) is 20.5. The number of nitrogens with one attached hydrogen (secondary N) is 1. The number of rotatable bonds is 6. The molecule has 0 bridgehead atoms. The highest BCUT2D eigenvalue weighted by Gasteiger charge is 2.38. The average molecular weight is 446 g/mol. The van der Waals surface area contributed by atoms with Crippen LogP contribution >= 0.6 is 22.9 Å². The minimum atomic E-state index is -0.745. The van der Waals surface area contributed by atoms with Gasteiger partial charge in [0.15, 0.2) is 0 Å². The molecule has 0 aliphatic carbocycles. The standard InChI is InChI=1S/C20H20ClN5O3S/c1-11(16-9-23-18(30-16)13-3-5-14(21)6-4-13)24-19-22-8-7-17(25-19)26-15(12(2)27)10-29-20(26)28/h3-9,11-12,15,27H,10H2,1-2H3,(H,22,24,25)/t11-,12-,15?/m0/s1. The lowest BCUT2D eigenvalue weighted by molar-refractivity contribution is 0.142. The molecule has 3 aromatic rings. The topological polar surface area (TPSA) is 100 Å². The van der Waals surface area contributed by atoms with Crippen molar-refractivity contribution in [3.05, 3.63) is 52.6 Å². The van der Waals surface area contributed by atoms with Gasteiger partial charge in [-0.05, 0) is 32.0 Å². The van der Waals surface area contributed by atoms with Gasteiger partial charge in [-0.3, -0.25) is 4.90 Å². The lowest BCUT2D eigenvalue weighted by Crippen LogP contribution is -2.41. The largest absolute Gasteiger partial charge is 0.447 e. The lowest BCUT2D eigenvalue weighted by Gasteiger charge is -2.23. The summed E-state index contributed by atoms with van der Waals surface area (Å²) in [5.41, 5.74) is 0.998. The molecule has 30 heavy (non-hydrogen) atoms. The van der Waals surface area contributed by atoms with Crippen molar-refractivity contribution in [1.82, 2.24) is 15.0 Å². The van der Waals surface area contributed by atoms with E-state index in [0.29, 0.717) is 16.8 Å². The van der Waals surface area contributed by atoms with Crippen molar-refractivity contribution in [1.29, 1.82) is 0 Å². The van der Waals surface area contributed by atoms with Crippen molar-refractivity contribution in [2.24, 2.45) is 0 Å². The van der Waals surface area contributed by atoms with Gasteiger partial charge in [0.1, 0.15) is 23.5 Å². The van der Waals surface area contributed by atoms with Crippen LogP contribution < -0.4 is 10.2 Å². The molecule has 0 saturated carbocycles. The third kappa shape index (κ3) is 4.23. The second-order valence-electron chi connectivity index (χ2n) is 6.93. The first-order valence-electron chi connectivity index (χ1n) is 9.37. The van der Waals surface area contributed by atoms with Crippen molar-refractivity contribution in [3.63, 3.8) is 0 Å². The number of aliphatic hydroxyl groups excluding tert-OH is 1. The second-order valence-corrected chi connectivity index (χ2v) is 8.43. The van der Waals surface area contributed by atoms with Crippen molar-refractivity contribution in [3.8, 4) is 10.6 Å². The molecule has 1 aromatic carbocycles. The van der Waals surface area contributed by atoms with E-state index >= 15 is 0 Å². The van der Waals surface area contributed by atoms with E-state index in [1.807, 2.05) is 37.4 Å². The molecule has 156 valence electrons. The van der Waals surface area contributed by atoms with Crippen LogP contribution in [0.3, 0.4) is 0 Å². The van der Waals surface area contributed by atoms with Crippen molar-refractivity contribution in [2.45, 2.75) is 32.0 Å². The molecular weight excluding hydrogens is 426 g/mol. The Labute approximate surface area is 182 Å². The fourth-order valence-electron chi connectivity index (χ4n) is 3.08. The SMILES string of the molecule is C[C@H](Nc1nccc(N2C(=O)OCC2[C@H](C)O)n1)c1cnc(-c2ccc(Cl)cc2)s1. The first-order chi connectivity index (χ1) is 14.4. The Hall–Kier alpha value is -2.75. The molecular formula is C20H20ClN5O3S. The molecule has 0 radical (unpaired) electrons. The van der Waals surface area contributed by atoms with Gasteiger partial charge in [-0.15, -0.1) is 11.3 Å². The van der Waals surface area contributed by atoms with Crippen LogP contribution in [-0.4, -0.2) is 44.9 Å². The smallest absolute Gasteiger partial charge is 0.416 e. The fourth-order valence-corrected chi connectivity index (χ4v) is 4.13. The Kier molecular flexibility index (Phi) is 5.85. The molecule has 1 aliphatic heterocycles. The number of nitrogens with zero attached hydrogens (tertiary/aromatic N) is 4. The quantitative estimate of drug-likeness (QED) is 0.588. The second kappa shape index (κ2) is 8.55. The molecule has 3 atom stereocenters. The number of ether oxygens (including phenoxy) is 1. The molecule has 8 nitrogen and oxygen atoms in total. The highest BCUT2D eigenvalue weighted by molar-refractivity contribution is 7.15. The molecule has 2 aromatic heterocycles. The van der Waals surface area contributed by atoms with Gasteiger partial charge < -0.3 is 15.2 Å². The van der Waals surface area contributed by atoms with E-state index in [1.54, 1.807) is 30.5 Å². The minimum absolute atomic E-state index is 0.100. The minimum Gasteiger partial charge on any atom is -0.447 e. The van der Waals surface area contributed by atoms with Crippen molar-refractivity contribution < 1.29 is 14.6 Å². The molecule has 10 heteroatoms. The molecule has 3 heterocycles. The van der Waals surface area contributed by atoms with Crippen LogP contribution in [0.5, 0.6) is 0 Å². The number of anilines is 2. The Morgan fingerprint density at radius 3 is 2.77 bits per heavy atom. The van der Waals surface area contributed by atoms with Crippen LogP contribution in [-0.2, 0) is 4.74 Å². The summed E-state index contributed by atoms with van der Waals surface area (Å²) < 4.78 is 5.07. The van der Waals surface area contributed by atoms with E-state index < -0.39 is 18.2 Å². The zero-order chi connectivity index (χ0) is 21.3. The third-order valence-electron chi connectivity index (χ3n) is 4.74. The summed E-state index contributed by atoms with van der Waals surface area (Å²) in [7, 11) is 0. The first-order valence-corrected chi connectivity index (χ1v) is 10.6. The molecule has 1 saturated heterocycles. The number of cyclic esters (lactones) is 1. The fraction of sp³-hybridized carbons (Fsp3) is 0.300. The predicted octanol–water partition coefficient (Wildman–Crippen LogP) is 4.13. The van der Waals surface area contributed by atoms with Crippen LogP contribution in [0, 0.1) is 0 Å². The van der Waals surface area contributed by atoms with E-state index in [2.05, 4.69) is 20.3 Å². The van der Waals surface area contributed by atoms with Gasteiger partial charge in [-0.1, -0.05) is 23.7 Å². The van der Waals surface area contributed by atoms with Gasteiger partial charge in [-0.25, -0.2) is 14.8 Å². The predicted molar refractivity (Wildman–Crippen MR) is 116 cm³/mol. The molecule has 1 fully saturated rings. The van der Waals surface area contributed by atoms with Crippen molar-refractivity contribution in [2.75, 3.05) is 16.8 Å². The van der Waals surface area contributed by atoms with Crippen LogP contribution in [0.1, 0.15) is 24.8 Å². The van der Waals surface area contributed by atoms with Crippen LogP contribution in [0.15, 0.2) is 42.7 Å². The van der Waals surface area contributed by atoms with Crippen LogP contribution in [0.2, 0.25) is 5.02 Å². The monoisotopic (exact) mass is 445 g/mol. The van der Waals surface area contributed by atoms with Crippen LogP contribution in [0.4, 0.5) is 16.6 Å². The zero-order valence-corrected chi connectivity index (χ0v) is 17.9. The number of thiazole rings is 1. The summed E-state index contributed by atoms with van der Waals surface area (Å²) in [5.74, 6) is 0.741. The van der Waals surface area contributed by atoms with Crippen LogP contribution in [0.25, 0.3) is 10.6 Å². The maximum atomic E-state index is 12.1. The number of aromatic nitrogens is 3. The number of aliphatic hydroxyl groups is 1. The maximum Gasteiger partial charge on any atom is 0.416 e. The van der Waals surface area contributed by atoms with Gasteiger partial charge in [-0.2, -0.15) is 4.98 Å². The highest BCUT2D eigenvalue weighted by Crippen LogP contribution is 2.31. The number of carbonyl (C=O) groups is 1. The van der Waals surface area contributed by atoms with E-state index in [9.17, 15) is 9.90 Å². The number of benzene rings is 1. The van der Waals surface area contributed by atoms with E-state index in [1.165, 1.54) is 4.90 Å². The zero-order valence-electron chi connectivity index (χ0n) is 16.3. The van der Waals surface area contributed by atoms with Gasteiger partial charge in [0, 0.05) is 27.9 Å². The molecule has 1 amide bonds. The summed E-state index contributed by atoms with van der Waals surface area (Å²) >= 11 is 7.52. The number of carbonyl (C=O) groups excluding carboxylic acids is 1. The molecule has 1 unspecified atom stereocenters. The van der Waals surface area contributed by atoms with E-state index in [4.69, 9.17) is 16.3 Å². The van der Waals surface area contributed by atoms with E-state index in [0.717, 1.165) is 15.4 Å². The molecule has 1 aliphatic rings. The van der Waals surface area contributed by atoms with Gasteiger partial charge in [0.05, 0.1) is 12.1 Å². The Morgan fingerprint density at radius 2 is 2.03 bits per heavy atom. The molecule has 2 N–H and O–H groups in total. The number of amides is 1. The highest BCUT2D eigenvalue weighted by atomic mass is 35.5. The Bertz CT molecular complexity index is 1040.